The van der Waals surface area contributed by atoms with Crippen LogP contribution >= 0.6 is 11.8 Å². The van der Waals surface area contributed by atoms with Gasteiger partial charge in [-0.15, -0.1) is 0 Å². The topological polar surface area (TPSA) is 26.3 Å². The number of hydrogen-bond donors (Lipinski definition) is 0. The minimum atomic E-state index is -4.28. The molecule has 0 aromatic heterocycles. The number of carbonyl (C=O) groups is 1. The van der Waals surface area contributed by atoms with Crippen molar-refractivity contribution in [3.8, 4) is 0 Å². The van der Waals surface area contributed by atoms with Gasteiger partial charge in [-0.05, 0) is 42.8 Å². The molecular formula is C14H15F3O2S. The molecule has 0 amide bonds. The standard InChI is InChI=1S/C14H15F3O2S/c1-3-19-12(18)11-8-13(11,2)9-4-6-10(7-5-9)20-14(15,16)17/h4-7,11H,3,8H2,1-2H3. The fourth-order valence-electron chi connectivity index (χ4n) is 2.31. The Labute approximate surface area is 119 Å². The number of carbonyl (C=O) groups excluding carboxylic acids is 1. The zero-order valence-corrected chi connectivity index (χ0v) is 12.0. The van der Waals surface area contributed by atoms with Gasteiger partial charge < -0.3 is 4.74 Å². The molecule has 2 unspecified atom stereocenters. The molecule has 0 N–H and O–H groups in total. The summed E-state index contributed by atoms with van der Waals surface area (Å²) in [7, 11) is 0. The molecule has 0 spiro atoms. The van der Waals surface area contributed by atoms with Crippen LogP contribution in [0.25, 0.3) is 0 Å². The van der Waals surface area contributed by atoms with Crippen LogP contribution in [0.4, 0.5) is 13.2 Å². The van der Waals surface area contributed by atoms with Crippen molar-refractivity contribution >= 4 is 17.7 Å². The van der Waals surface area contributed by atoms with E-state index >= 15 is 0 Å². The summed E-state index contributed by atoms with van der Waals surface area (Å²) in [6.45, 7) is 4.02. The van der Waals surface area contributed by atoms with Crippen LogP contribution in [0.1, 0.15) is 25.8 Å². The summed E-state index contributed by atoms with van der Waals surface area (Å²) in [4.78, 5) is 11.8. The van der Waals surface area contributed by atoms with Crippen LogP contribution < -0.4 is 0 Å². The number of halogens is 3. The van der Waals surface area contributed by atoms with E-state index in [-0.39, 0.29) is 34.0 Å². The molecule has 6 heteroatoms. The van der Waals surface area contributed by atoms with Gasteiger partial charge >= 0.3 is 11.5 Å². The van der Waals surface area contributed by atoms with Crippen molar-refractivity contribution < 1.29 is 22.7 Å². The summed E-state index contributed by atoms with van der Waals surface area (Å²) in [5.41, 5.74) is -3.71. The summed E-state index contributed by atoms with van der Waals surface area (Å²) >= 11 is -0.136. The second-order valence-electron chi connectivity index (χ2n) is 5.00. The van der Waals surface area contributed by atoms with Crippen molar-refractivity contribution in [1.82, 2.24) is 0 Å². The number of benzene rings is 1. The van der Waals surface area contributed by atoms with E-state index < -0.39 is 5.51 Å². The van der Waals surface area contributed by atoms with Crippen molar-refractivity contribution in [3.05, 3.63) is 29.8 Å². The summed E-state index contributed by atoms with van der Waals surface area (Å²) < 4.78 is 41.7. The van der Waals surface area contributed by atoms with E-state index in [9.17, 15) is 18.0 Å². The van der Waals surface area contributed by atoms with Crippen LogP contribution in [-0.4, -0.2) is 18.1 Å². The zero-order chi connectivity index (χ0) is 15.0. The van der Waals surface area contributed by atoms with Gasteiger partial charge in [-0.3, -0.25) is 4.79 Å². The minimum Gasteiger partial charge on any atom is -0.466 e. The summed E-state index contributed by atoms with van der Waals surface area (Å²) in [6.07, 6.45) is 0.678. The Morgan fingerprint density at radius 2 is 2.00 bits per heavy atom. The lowest BCUT2D eigenvalue weighted by atomic mass is 9.95. The molecule has 1 aliphatic carbocycles. The van der Waals surface area contributed by atoms with E-state index in [1.807, 2.05) is 6.92 Å². The highest BCUT2D eigenvalue weighted by Crippen LogP contribution is 2.54. The zero-order valence-electron chi connectivity index (χ0n) is 11.2. The average molecular weight is 304 g/mol. The predicted molar refractivity (Wildman–Crippen MR) is 70.4 cm³/mol. The van der Waals surface area contributed by atoms with Gasteiger partial charge in [-0.2, -0.15) is 13.2 Å². The van der Waals surface area contributed by atoms with Gasteiger partial charge in [0, 0.05) is 10.3 Å². The maximum atomic E-state index is 12.2. The molecule has 0 saturated heterocycles. The van der Waals surface area contributed by atoms with Gasteiger partial charge in [0.2, 0.25) is 0 Å². The first-order valence-electron chi connectivity index (χ1n) is 6.29. The van der Waals surface area contributed by atoms with Gasteiger partial charge in [0.25, 0.3) is 0 Å². The van der Waals surface area contributed by atoms with Crippen molar-refractivity contribution in [2.45, 2.75) is 36.1 Å². The maximum Gasteiger partial charge on any atom is 0.446 e. The van der Waals surface area contributed by atoms with Crippen molar-refractivity contribution in [1.29, 1.82) is 0 Å². The number of alkyl halides is 3. The molecule has 0 radical (unpaired) electrons. The number of hydrogen-bond acceptors (Lipinski definition) is 3. The smallest absolute Gasteiger partial charge is 0.446 e. The number of ether oxygens (including phenoxy) is 1. The first kappa shape index (κ1) is 15.2. The van der Waals surface area contributed by atoms with Gasteiger partial charge in [0.05, 0.1) is 12.5 Å². The second-order valence-corrected chi connectivity index (χ2v) is 6.14. The number of esters is 1. The molecular weight excluding hydrogens is 289 g/mol. The number of rotatable bonds is 4. The van der Waals surface area contributed by atoms with Crippen LogP contribution in [0.15, 0.2) is 29.2 Å². The number of thioether (sulfide) groups is 1. The lowest BCUT2D eigenvalue weighted by molar-refractivity contribution is -0.145. The molecule has 2 atom stereocenters. The Balaban J connectivity index is 2.06. The van der Waals surface area contributed by atoms with E-state index in [2.05, 4.69) is 0 Å². The third kappa shape index (κ3) is 3.29. The Morgan fingerprint density at radius 1 is 1.40 bits per heavy atom. The van der Waals surface area contributed by atoms with E-state index in [1.54, 1.807) is 19.1 Å². The van der Waals surface area contributed by atoms with Crippen molar-refractivity contribution in [3.63, 3.8) is 0 Å². The monoisotopic (exact) mass is 304 g/mol. The molecule has 1 aromatic carbocycles. The van der Waals surface area contributed by atoms with E-state index in [1.165, 1.54) is 12.1 Å². The third-order valence-electron chi connectivity index (χ3n) is 3.56. The normalized spacial score (nSPS) is 25.4. The van der Waals surface area contributed by atoms with Crippen LogP contribution in [0.3, 0.4) is 0 Å². The van der Waals surface area contributed by atoms with Crippen LogP contribution in [0, 0.1) is 5.92 Å². The molecule has 20 heavy (non-hydrogen) atoms. The van der Waals surface area contributed by atoms with Gasteiger partial charge in [-0.1, -0.05) is 19.1 Å². The van der Waals surface area contributed by atoms with E-state index in [0.717, 1.165) is 5.56 Å². The molecule has 2 nitrogen and oxygen atoms in total. The summed E-state index contributed by atoms with van der Waals surface area (Å²) in [6, 6.07) is 6.21. The third-order valence-corrected chi connectivity index (χ3v) is 4.29. The Hall–Kier alpha value is -1.17. The first-order valence-corrected chi connectivity index (χ1v) is 7.11. The Bertz CT molecular complexity index is 498. The van der Waals surface area contributed by atoms with Gasteiger partial charge in [0.15, 0.2) is 0 Å². The lowest BCUT2D eigenvalue weighted by Crippen LogP contribution is -2.14. The summed E-state index contributed by atoms with van der Waals surface area (Å²) in [5.74, 6) is -0.424. The molecule has 0 aliphatic heterocycles. The van der Waals surface area contributed by atoms with Crippen LogP contribution in [0.5, 0.6) is 0 Å². The maximum absolute atomic E-state index is 12.2. The lowest BCUT2D eigenvalue weighted by Gasteiger charge is -2.12. The molecule has 1 aliphatic rings. The molecule has 0 bridgehead atoms. The predicted octanol–water partition coefficient (Wildman–Crippen LogP) is 4.14. The van der Waals surface area contributed by atoms with E-state index in [0.29, 0.717) is 13.0 Å². The second kappa shape index (κ2) is 5.31. The molecule has 1 aromatic rings. The minimum absolute atomic E-state index is 0.136. The molecule has 110 valence electrons. The highest BCUT2D eigenvalue weighted by Gasteiger charge is 2.56. The quantitative estimate of drug-likeness (QED) is 0.618. The van der Waals surface area contributed by atoms with Crippen molar-refractivity contribution in [2.24, 2.45) is 5.92 Å². The fraction of sp³-hybridized carbons (Fsp3) is 0.500. The van der Waals surface area contributed by atoms with Crippen LogP contribution in [0.2, 0.25) is 0 Å². The SMILES string of the molecule is CCOC(=O)C1CC1(C)c1ccc(SC(F)(F)F)cc1. The first-order chi connectivity index (χ1) is 9.26. The molecule has 0 heterocycles. The van der Waals surface area contributed by atoms with Gasteiger partial charge in [0.1, 0.15) is 0 Å². The van der Waals surface area contributed by atoms with Crippen LogP contribution in [-0.2, 0) is 14.9 Å². The molecule has 1 fully saturated rings. The largest absolute Gasteiger partial charge is 0.466 e. The highest BCUT2D eigenvalue weighted by atomic mass is 32.2. The van der Waals surface area contributed by atoms with E-state index in [4.69, 9.17) is 4.74 Å². The summed E-state index contributed by atoms with van der Waals surface area (Å²) in [5, 5.41) is 0. The molecule has 2 rings (SSSR count). The van der Waals surface area contributed by atoms with Crippen molar-refractivity contribution in [2.75, 3.05) is 6.61 Å². The Morgan fingerprint density at radius 3 is 2.50 bits per heavy atom. The highest BCUT2D eigenvalue weighted by molar-refractivity contribution is 8.00. The van der Waals surface area contributed by atoms with Gasteiger partial charge in [-0.25, -0.2) is 0 Å². The Kier molecular flexibility index (Phi) is 4.04. The average Bonchev–Trinajstić information content (AvgIpc) is 3.02. The fourth-order valence-corrected chi connectivity index (χ4v) is 2.85. The molecule has 1 saturated carbocycles.